The summed E-state index contributed by atoms with van der Waals surface area (Å²) in [5.74, 6) is -5.34. The zero-order valence-electron chi connectivity index (χ0n) is 15.7. The maximum Gasteiger partial charge on any atom is 0.310 e. The molecule has 156 valence electrons. The molecule has 0 atom stereocenters. The maximum atomic E-state index is 14.4. The maximum absolute atomic E-state index is 14.4. The van der Waals surface area contributed by atoms with Gasteiger partial charge in [0.1, 0.15) is 5.82 Å². The number of ether oxygens (including phenoxy) is 1. The number of anilines is 2. The van der Waals surface area contributed by atoms with Crippen molar-refractivity contribution in [1.29, 1.82) is 0 Å². The average Bonchev–Trinajstić information content (AvgIpc) is 2.67. The van der Waals surface area contributed by atoms with Gasteiger partial charge >= 0.3 is 11.9 Å². The fraction of sp³-hybridized carbons (Fsp3) is 0.263. The lowest BCUT2D eigenvalue weighted by Gasteiger charge is -2.17. The molecule has 1 amide bonds. The lowest BCUT2D eigenvalue weighted by Crippen LogP contribution is -2.28. The lowest BCUT2D eigenvalue weighted by atomic mass is 10.1. The highest BCUT2D eigenvalue weighted by atomic mass is 19.2. The van der Waals surface area contributed by atoms with Crippen LogP contribution >= 0.6 is 0 Å². The third-order valence-corrected chi connectivity index (χ3v) is 3.70. The second-order valence-electron chi connectivity index (χ2n) is 5.70. The van der Waals surface area contributed by atoms with E-state index in [0.717, 1.165) is 12.1 Å². The summed E-state index contributed by atoms with van der Waals surface area (Å²) in [5.41, 5.74) is -1.15. The molecule has 2 N–H and O–H groups in total. The Hall–Kier alpha value is -3.11. The van der Waals surface area contributed by atoms with Crippen LogP contribution in [-0.2, 0) is 20.8 Å². The van der Waals surface area contributed by atoms with Crippen LogP contribution in [0.4, 0.5) is 24.5 Å². The number of hydrogen-bond donors (Lipinski definition) is 2. The first-order chi connectivity index (χ1) is 13.8. The van der Waals surface area contributed by atoms with Gasteiger partial charge in [0.2, 0.25) is 0 Å². The molecule has 0 heterocycles. The minimum Gasteiger partial charge on any atom is -0.466 e. The fourth-order valence-corrected chi connectivity index (χ4v) is 2.42. The van der Waals surface area contributed by atoms with Gasteiger partial charge in [0, 0.05) is 0 Å². The van der Waals surface area contributed by atoms with Gasteiger partial charge in [-0.2, -0.15) is 0 Å². The molecule has 0 spiro atoms. The van der Waals surface area contributed by atoms with E-state index in [0.29, 0.717) is 11.6 Å². The van der Waals surface area contributed by atoms with Gasteiger partial charge in [0.05, 0.1) is 36.6 Å². The number of hydroxylamine groups is 2. The Labute approximate surface area is 164 Å². The highest BCUT2D eigenvalue weighted by Crippen LogP contribution is 2.29. The summed E-state index contributed by atoms with van der Waals surface area (Å²) < 4.78 is 47.2. The molecule has 2 aromatic rings. The van der Waals surface area contributed by atoms with E-state index in [9.17, 15) is 28.0 Å². The van der Waals surface area contributed by atoms with E-state index >= 15 is 0 Å². The number of benzene rings is 2. The van der Waals surface area contributed by atoms with Crippen LogP contribution in [0.2, 0.25) is 0 Å². The molecule has 0 saturated carbocycles. The van der Waals surface area contributed by atoms with Crippen LogP contribution < -0.4 is 5.32 Å². The van der Waals surface area contributed by atoms with E-state index in [1.165, 1.54) is 19.1 Å². The van der Waals surface area contributed by atoms with Gasteiger partial charge in [-0.05, 0) is 43.7 Å². The SMILES string of the molecule is CCOC(=O)Cc1ccc(Nc2c(C(=O)N(O)OCC)ccc(F)c2F)c(F)c1. The molecule has 0 aliphatic carbocycles. The van der Waals surface area contributed by atoms with E-state index in [1.54, 1.807) is 6.92 Å². The Morgan fingerprint density at radius 3 is 2.41 bits per heavy atom. The highest BCUT2D eigenvalue weighted by Gasteiger charge is 2.24. The molecule has 0 fully saturated rings. The van der Waals surface area contributed by atoms with Crippen LogP contribution in [0.25, 0.3) is 0 Å². The molecule has 7 nitrogen and oxygen atoms in total. The van der Waals surface area contributed by atoms with Gasteiger partial charge < -0.3 is 10.1 Å². The third kappa shape index (κ3) is 5.46. The predicted octanol–water partition coefficient (Wildman–Crippen LogP) is 3.74. The minimum absolute atomic E-state index is 0.0643. The van der Waals surface area contributed by atoms with Crippen molar-refractivity contribution in [3.05, 3.63) is 58.9 Å². The van der Waals surface area contributed by atoms with Gasteiger partial charge in [-0.15, -0.1) is 0 Å². The fourth-order valence-electron chi connectivity index (χ4n) is 2.42. The Kier molecular flexibility index (Phi) is 7.57. The first-order valence-corrected chi connectivity index (χ1v) is 8.63. The second-order valence-corrected chi connectivity index (χ2v) is 5.70. The molecule has 10 heteroatoms. The summed E-state index contributed by atoms with van der Waals surface area (Å²) in [4.78, 5) is 28.3. The third-order valence-electron chi connectivity index (χ3n) is 3.70. The van der Waals surface area contributed by atoms with E-state index in [1.807, 2.05) is 0 Å². The first-order valence-electron chi connectivity index (χ1n) is 8.63. The van der Waals surface area contributed by atoms with Crippen LogP contribution in [-0.4, -0.2) is 35.5 Å². The zero-order chi connectivity index (χ0) is 21.6. The van der Waals surface area contributed by atoms with Crippen molar-refractivity contribution in [3.63, 3.8) is 0 Å². The van der Waals surface area contributed by atoms with Crippen molar-refractivity contribution in [1.82, 2.24) is 5.23 Å². The number of rotatable bonds is 8. The molecule has 0 radical (unpaired) electrons. The Balaban J connectivity index is 2.35. The monoisotopic (exact) mass is 412 g/mol. The molecular formula is C19H19F3N2O5. The number of hydrogen-bond acceptors (Lipinski definition) is 6. The topological polar surface area (TPSA) is 88.1 Å². The Morgan fingerprint density at radius 1 is 1.07 bits per heavy atom. The quantitative estimate of drug-likeness (QED) is 0.390. The zero-order valence-corrected chi connectivity index (χ0v) is 15.7. The summed E-state index contributed by atoms with van der Waals surface area (Å²) in [6.45, 7) is 3.25. The molecule has 0 aliphatic rings. The lowest BCUT2D eigenvalue weighted by molar-refractivity contribution is -0.294. The first kappa shape index (κ1) is 22.2. The van der Waals surface area contributed by atoms with Crippen LogP contribution in [0.3, 0.4) is 0 Å². The van der Waals surface area contributed by atoms with Gasteiger partial charge in [-0.25, -0.2) is 18.0 Å². The van der Waals surface area contributed by atoms with Crippen molar-refractivity contribution in [2.75, 3.05) is 18.5 Å². The average molecular weight is 412 g/mol. The highest BCUT2D eigenvalue weighted by molar-refractivity contribution is 5.99. The number of nitrogens with one attached hydrogen (secondary N) is 1. The standard InChI is InChI=1S/C19H19F3N2O5/c1-3-28-16(25)10-11-5-8-15(14(21)9-11)23-18-12(6-7-13(20)17(18)22)19(26)24(27)29-4-2/h5-9,23,27H,3-4,10H2,1-2H3. The largest absolute Gasteiger partial charge is 0.466 e. The van der Waals surface area contributed by atoms with E-state index < -0.39 is 40.6 Å². The number of carbonyl (C=O) groups is 2. The van der Waals surface area contributed by atoms with Crippen molar-refractivity contribution in [3.8, 4) is 0 Å². The van der Waals surface area contributed by atoms with Gasteiger partial charge in [-0.3, -0.25) is 14.8 Å². The minimum atomic E-state index is -1.45. The summed E-state index contributed by atoms with van der Waals surface area (Å²) in [7, 11) is 0. The number of halogens is 3. The summed E-state index contributed by atoms with van der Waals surface area (Å²) in [6, 6.07) is 5.21. The molecular weight excluding hydrogens is 393 g/mol. The number of carbonyl (C=O) groups excluding carboxylic acids is 2. The normalized spacial score (nSPS) is 10.6. The van der Waals surface area contributed by atoms with E-state index in [4.69, 9.17) is 4.74 Å². The Bertz CT molecular complexity index is 908. The van der Waals surface area contributed by atoms with Crippen LogP contribution in [0.5, 0.6) is 0 Å². The molecule has 0 saturated heterocycles. The molecule has 0 unspecified atom stereocenters. The molecule has 2 rings (SSSR count). The van der Waals surface area contributed by atoms with Gasteiger partial charge in [0.25, 0.3) is 0 Å². The van der Waals surface area contributed by atoms with Gasteiger partial charge in [-0.1, -0.05) is 11.3 Å². The summed E-state index contributed by atoms with van der Waals surface area (Å²) in [5, 5.41) is 11.7. The van der Waals surface area contributed by atoms with Crippen molar-refractivity contribution >= 4 is 23.3 Å². The second kappa shape index (κ2) is 9.89. The van der Waals surface area contributed by atoms with Crippen molar-refractivity contribution in [2.24, 2.45) is 0 Å². The smallest absolute Gasteiger partial charge is 0.310 e. The molecule has 0 aromatic heterocycles. The number of esters is 1. The molecule has 2 aromatic carbocycles. The van der Waals surface area contributed by atoms with E-state index in [-0.39, 0.29) is 30.5 Å². The molecule has 29 heavy (non-hydrogen) atoms. The van der Waals surface area contributed by atoms with Crippen molar-refractivity contribution < 1.29 is 37.5 Å². The predicted molar refractivity (Wildman–Crippen MR) is 96.0 cm³/mol. The van der Waals surface area contributed by atoms with E-state index in [2.05, 4.69) is 10.2 Å². The Morgan fingerprint density at radius 2 is 1.79 bits per heavy atom. The number of nitrogens with zero attached hydrogens (tertiary/aromatic N) is 1. The van der Waals surface area contributed by atoms with Crippen molar-refractivity contribution in [2.45, 2.75) is 20.3 Å². The van der Waals surface area contributed by atoms with Crippen LogP contribution in [0.15, 0.2) is 30.3 Å². The summed E-state index contributed by atoms with van der Waals surface area (Å²) in [6.07, 6.45) is -0.170. The molecule has 0 aliphatic heterocycles. The van der Waals surface area contributed by atoms with Gasteiger partial charge in [0.15, 0.2) is 11.6 Å². The van der Waals surface area contributed by atoms with Crippen LogP contribution in [0.1, 0.15) is 29.8 Å². The summed E-state index contributed by atoms with van der Waals surface area (Å²) >= 11 is 0. The van der Waals surface area contributed by atoms with Crippen LogP contribution in [0, 0.1) is 17.5 Å². The molecule has 0 bridgehead atoms. The number of amides is 1.